The third-order valence-corrected chi connectivity index (χ3v) is 5.93. The summed E-state index contributed by atoms with van der Waals surface area (Å²) in [5.74, 6) is -0.471. The average molecular weight is 454 g/mol. The van der Waals surface area contributed by atoms with E-state index in [1.165, 1.54) is 18.4 Å². The van der Waals surface area contributed by atoms with Crippen LogP contribution in [0.4, 0.5) is 5.00 Å². The Labute approximate surface area is 168 Å². The normalized spacial score (nSPS) is 12.4. The van der Waals surface area contributed by atoms with Crippen molar-refractivity contribution in [3.8, 4) is 5.75 Å². The Morgan fingerprint density at radius 2 is 2.12 bits per heavy atom. The van der Waals surface area contributed by atoms with Gasteiger partial charge in [0, 0.05) is 9.35 Å². The van der Waals surface area contributed by atoms with E-state index in [1.54, 1.807) is 18.2 Å². The number of primary amides is 1. The second kappa shape index (κ2) is 7.73. The van der Waals surface area contributed by atoms with Gasteiger partial charge in [-0.2, -0.15) is 0 Å². The lowest BCUT2D eigenvalue weighted by Crippen LogP contribution is -2.34. The first-order valence-electron chi connectivity index (χ1n) is 7.81. The molecule has 0 unspecified atom stereocenters. The number of hydrogen-bond donors (Lipinski definition) is 3. The van der Waals surface area contributed by atoms with E-state index in [2.05, 4.69) is 26.6 Å². The maximum Gasteiger partial charge on any atom is 0.261 e. The molecule has 0 bridgehead atoms. The Bertz CT molecular complexity index is 911. The molecule has 1 aliphatic rings. The molecule has 9 heteroatoms. The second-order valence-electron chi connectivity index (χ2n) is 5.68. The molecule has 0 spiro atoms. The van der Waals surface area contributed by atoms with E-state index in [0.29, 0.717) is 21.9 Å². The van der Waals surface area contributed by atoms with Crippen molar-refractivity contribution < 1.29 is 14.3 Å². The summed E-state index contributed by atoms with van der Waals surface area (Å²) in [7, 11) is 1.49. The van der Waals surface area contributed by atoms with Gasteiger partial charge in [0.25, 0.3) is 11.8 Å². The van der Waals surface area contributed by atoms with Crippen LogP contribution < -0.4 is 21.1 Å². The van der Waals surface area contributed by atoms with Crippen LogP contribution in [0.15, 0.2) is 22.7 Å². The third-order valence-electron chi connectivity index (χ3n) is 4.03. The molecule has 0 aliphatic heterocycles. The van der Waals surface area contributed by atoms with Crippen LogP contribution in [0.3, 0.4) is 0 Å². The van der Waals surface area contributed by atoms with E-state index in [-0.39, 0.29) is 5.11 Å². The number of amides is 2. The number of benzene rings is 1. The highest BCUT2D eigenvalue weighted by atomic mass is 79.9. The van der Waals surface area contributed by atoms with Crippen molar-refractivity contribution in [3.63, 3.8) is 0 Å². The van der Waals surface area contributed by atoms with Crippen LogP contribution in [0, 0.1) is 0 Å². The van der Waals surface area contributed by atoms with Gasteiger partial charge in [-0.3, -0.25) is 14.9 Å². The van der Waals surface area contributed by atoms with E-state index in [9.17, 15) is 9.59 Å². The molecule has 2 amide bonds. The molecule has 2 aromatic rings. The van der Waals surface area contributed by atoms with Crippen LogP contribution in [-0.4, -0.2) is 24.0 Å². The monoisotopic (exact) mass is 453 g/mol. The van der Waals surface area contributed by atoms with Crippen molar-refractivity contribution in [1.82, 2.24) is 5.32 Å². The Balaban J connectivity index is 1.77. The Hall–Kier alpha value is -1.97. The van der Waals surface area contributed by atoms with Crippen LogP contribution >= 0.6 is 39.5 Å². The van der Waals surface area contributed by atoms with Crippen molar-refractivity contribution in [1.29, 1.82) is 0 Å². The number of aryl methyl sites for hydroxylation is 1. The molecule has 1 aromatic carbocycles. The number of rotatable bonds is 4. The first-order chi connectivity index (χ1) is 12.4. The molecule has 1 heterocycles. The highest BCUT2D eigenvalue weighted by molar-refractivity contribution is 9.10. The fourth-order valence-corrected chi connectivity index (χ4v) is 4.83. The summed E-state index contributed by atoms with van der Waals surface area (Å²) >= 11 is 10.0. The van der Waals surface area contributed by atoms with Gasteiger partial charge in [0.15, 0.2) is 5.11 Å². The van der Waals surface area contributed by atoms with Crippen LogP contribution in [0.25, 0.3) is 0 Å². The van der Waals surface area contributed by atoms with Gasteiger partial charge in [0.2, 0.25) is 0 Å². The number of fused-ring (bicyclic) bond motifs is 1. The summed E-state index contributed by atoms with van der Waals surface area (Å²) in [6.07, 6.45) is 2.78. The molecule has 1 aliphatic carbocycles. The lowest BCUT2D eigenvalue weighted by Gasteiger charge is -2.12. The first-order valence-corrected chi connectivity index (χ1v) is 9.82. The number of thiophene rings is 1. The Morgan fingerprint density at radius 3 is 2.81 bits per heavy atom. The van der Waals surface area contributed by atoms with Crippen molar-refractivity contribution >= 4 is 61.4 Å². The van der Waals surface area contributed by atoms with E-state index < -0.39 is 11.8 Å². The highest BCUT2D eigenvalue weighted by Gasteiger charge is 2.26. The summed E-state index contributed by atoms with van der Waals surface area (Å²) < 4.78 is 5.95. The van der Waals surface area contributed by atoms with Gasteiger partial charge in [-0.05, 0) is 55.2 Å². The lowest BCUT2D eigenvalue weighted by atomic mass is 10.1. The fraction of sp³-hybridized carbons (Fsp3) is 0.235. The van der Waals surface area contributed by atoms with Crippen LogP contribution in [0.5, 0.6) is 5.75 Å². The smallest absolute Gasteiger partial charge is 0.261 e. The zero-order valence-corrected chi connectivity index (χ0v) is 17.1. The van der Waals surface area contributed by atoms with Crippen molar-refractivity contribution in [2.24, 2.45) is 5.73 Å². The zero-order chi connectivity index (χ0) is 18.8. The number of carbonyl (C=O) groups is 2. The molecule has 0 saturated heterocycles. The Kier molecular flexibility index (Phi) is 5.59. The maximum atomic E-state index is 12.5. The topological polar surface area (TPSA) is 93.4 Å². The number of anilines is 1. The summed E-state index contributed by atoms with van der Waals surface area (Å²) in [5, 5.41) is 6.23. The number of thiocarbonyl (C=S) groups is 1. The number of hydrogen-bond acceptors (Lipinski definition) is 5. The molecule has 4 N–H and O–H groups in total. The number of ether oxygens (including phenoxy) is 1. The molecule has 6 nitrogen and oxygen atoms in total. The molecule has 0 saturated carbocycles. The van der Waals surface area contributed by atoms with Gasteiger partial charge in [-0.1, -0.05) is 15.9 Å². The van der Waals surface area contributed by atoms with Crippen LogP contribution in [0.2, 0.25) is 0 Å². The van der Waals surface area contributed by atoms with Crippen molar-refractivity contribution in [3.05, 3.63) is 44.2 Å². The SMILES string of the molecule is COc1ccc(Br)cc1C(=O)NC(=S)Nc1sc2c(c1C(N)=O)CCC2. The standard InChI is InChI=1S/C17H16BrN3O3S2/c1-24-11-6-5-8(18)7-10(11)15(23)20-17(25)21-16-13(14(19)22)9-3-2-4-12(9)26-16/h5-7H,2-4H2,1H3,(H2,19,22)(H2,20,21,23,25). The molecular weight excluding hydrogens is 438 g/mol. The van der Waals surface area contributed by atoms with E-state index >= 15 is 0 Å². The fourth-order valence-electron chi connectivity index (χ4n) is 2.92. The van der Waals surface area contributed by atoms with Gasteiger partial charge >= 0.3 is 0 Å². The number of carbonyl (C=O) groups excluding carboxylic acids is 2. The average Bonchev–Trinajstić information content (AvgIpc) is 3.14. The second-order valence-corrected chi connectivity index (χ2v) is 8.11. The summed E-state index contributed by atoms with van der Waals surface area (Å²) in [6, 6.07) is 5.11. The van der Waals surface area contributed by atoms with Crippen LogP contribution in [-0.2, 0) is 12.8 Å². The molecular formula is C17H16BrN3O3S2. The van der Waals surface area contributed by atoms with Gasteiger partial charge in [-0.15, -0.1) is 11.3 Å². The van der Waals surface area contributed by atoms with Gasteiger partial charge in [0.1, 0.15) is 10.8 Å². The summed E-state index contributed by atoms with van der Waals surface area (Å²) in [5.41, 5.74) is 7.34. The molecule has 26 heavy (non-hydrogen) atoms. The first kappa shape index (κ1) is 18.8. The molecule has 0 atom stereocenters. The van der Waals surface area contributed by atoms with E-state index in [4.69, 9.17) is 22.7 Å². The lowest BCUT2D eigenvalue weighted by molar-refractivity contribution is 0.0972. The van der Waals surface area contributed by atoms with E-state index in [0.717, 1.165) is 34.2 Å². The maximum absolute atomic E-state index is 12.5. The van der Waals surface area contributed by atoms with E-state index in [1.807, 2.05) is 0 Å². The van der Waals surface area contributed by atoms with Gasteiger partial charge in [-0.25, -0.2) is 0 Å². The predicted octanol–water partition coefficient (Wildman–Crippen LogP) is 3.23. The molecule has 0 radical (unpaired) electrons. The van der Waals surface area contributed by atoms with Crippen molar-refractivity contribution in [2.45, 2.75) is 19.3 Å². The van der Waals surface area contributed by atoms with Gasteiger partial charge in [0.05, 0.1) is 18.2 Å². The minimum absolute atomic E-state index is 0.0967. The quantitative estimate of drug-likeness (QED) is 0.617. The largest absolute Gasteiger partial charge is 0.496 e. The number of methoxy groups -OCH3 is 1. The predicted molar refractivity (Wildman–Crippen MR) is 109 cm³/mol. The highest BCUT2D eigenvalue weighted by Crippen LogP contribution is 2.38. The molecule has 1 aromatic heterocycles. The number of nitrogens with two attached hydrogens (primary N) is 1. The van der Waals surface area contributed by atoms with Crippen molar-refractivity contribution in [2.75, 3.05) is 12.4 Å². The molecule has 136 valence electrons. The molecule has 3 rings (SSSR count). The van der Waals surface area contributed by atoms with Crippen LogP contribution in [0.1, 0.15) is 37.6 Å². The van der Waals surface area contributed by atoms with Gasteiger partial charge < -0.3 is 15.8 Å². The molecule has 0 fully saturated rings. The number of halogens is 1. The third kappa shape index (κ3) is 3.74. The minimum Gasteiger partial charge on any atom is -0.496 e. The Morgan fingerprint density at radius 1 is 1.35 bits per heavy atom. The summed E-state index contributed by atoms with van der Waals surface area (Å²) in [4.78, 5) is 25.5. The summed E-state index contributed by atoms with van der Waals surface area (Å²) in [6.45, 7) is 0. The zero-order valence-electron chi connectivity index (χ0n) is 13.8. The number of nitrogens with one attached hydrogen (secondary N) is 2. The minimum atomic E-state index is -0.491.